The zero-order chi connectivity index (χ0) is 33.4. The van der Waals surface area contributed by atoms with Gasteiger partial charge in [-0.05, 0) is 70.6 Å². The van der Waals surface area contributed by atoms with Crippen LogP contribution in [0, 0.1) is 0 Å². The Kier molecular flexibility index (Phi) is 10.9. The lowest BCUT2D eigenvalue weighted by molar-refractivity contribution is -0.141. The smallest absolute Gasteiger partial charge is 0.488 e. The van der Waals surface area contributed by atoms with E-state index in [2.05, 4.69) is 5.32 Å². The van der Waals surface area contributed by atoms with Crippen LogP contribution in [0.25, 0.3) is 0 Å². The van der Waals surface area contributed by atoms with Gasteiger partial charge in [0.25, 0.3) is 0 Å². The van der Waals surface area contributed by atoms with Crippen LogP contribution in [0.1, 0.15) is 31.8 Å². The molecule has 0 radical (unpaired) electrons. The Labute approximate surface area is 262 Å². The predicted molar refractivity (Wildman–Crippen MR) is 164 cm³/mol. The number of aromatic hydroxyl groups is 1. The van der Waals surface area contributed by atoms with E-state index in [0.29, 0.717) is 5.56 Å². The zero-order valence-corrected chi connectivity index (χ0v) is 23.9. The Hall–Kier alpha value is -5.47. The van der Waals surface area contributed by atoms with Crippen molar-refractivity contribution in [1.29, 1.82) is 0 Å². The molecule has 0 bridgehead atoms. The van der Waals surface area contributed by atoms with Gasteiger partial charge in [0, 0.05) is 6.42 Å². The summed E-state index contributed by atoms with van der Waals surface area (Å²) in [7, 11) is -3.50. The molecule has 0 saturated carbocycles. The molecule has 1 atom stereocenters. The maximum absolute atomic E-state index is 13.0. The number of ether oxygens (including phenoxy) is 2. The van der Waals surface area contributed by atoms with E-state index in [4.69, 9.17) is 9.47 Å². The topological polar surface area (TPSA) is 220 Å². The van der Waals surface area contributed by atoms with Gasteiger partial charge in [0.2, 0.25) is 5.91 Å². The summed E-state index contributed by atoms with van der Waals surface area (Å²) in [5, 5.41) is 58.7. The third kappa shape index (κ3) is 9.03. The predicted octanol–water partition coefficient (Wildman–Crippen LogP) is -0.455. The molecule has 0 fully saturated rings. The zero-order valence-electron chi connectivity index (χ0n) is 23.9. The normalized spacial score (nSPS) is 11.2. The molecule has 0 unspecified atom stereocenters. The second-order valence-electron chi connectivity index (χ2n) is 10.1. The Morgan fingerprint density at radius 1 is 0.652 bits per heavy atom. The number of phenols is 1. The lowest BCUT2D eigenvalue weighted by Crippen LogP contribution is -2.43. The van der Waals surface area contributed by atoms with Gasteiger partial charge >= 0.3 is 32.1 Å². The second-order valence-corrected chi connectivity index (χ2v) is 10.1. The van der Waals surface area contributed by atoms with Crippen molar-refractivity contribution in [3.63, 3.8) is 0 Å². The van der Waals surface area contributed by atoms with Crippen LogP contribution in [0.5, 0.6) is 17.2 Å². The number of hydrogen-bond acceptors (Lipinski definition) is 11. The lowest BCUT2D eigenvalue weighted by Gasteiger charge is -2.16. The highest BCUT2D eigenvalue weighted by Gasteiger charge is 2.23. The minimum absolute atomic E-state index is 0.00528. The first kappa shape index (κ1) is 33.4. The first-order chi connectivity index (χ1) is 21.9. The average molecular weight is 627 g/mol. The van der Waals surface area contributed by atoms with Gasteiger partial charge < -0.3 is 45.1 Å². The van der Waals surface area contributed by atoms with E-state index in [1.54, 1.807) is 0 Å². The van der Waals surface area contributed by atoms with Crippen LogP contribution >= 0.6 is 0 Å². The minimum Gasteiger partial charge on any atom is -0.508 e. The first-order valence-corrected chi connectivity index (χ1v) is 13.7. The number of carbonyl (C=O) groups is 4. The molecule has 0 aromatic heterocycles. The van der Waals surface area contributed by atoms with Crippen molar-refractivity contribution in [1.82, 2.24) is 5.32 Å². The third-order valence-corrected chi connectivity index (χ3v) is 6.68. The molecule has 15 heteroatoms. The lowest BCUT2D eigenvalue weighted by atomic mass is 9.80. The van der Waals surface area contributed by atoms with Crippen molar-refractivity contribution < 1.29 is 59.0 Å². The Morgan fingerprint density at radius 3 is 1.61 bits per heavy atom. The van der Waals surface area contributed by atoms with Crippen LogP contribution < -0.4 is 25.7 Å². The summed E-state index contributed by atoms with van der Waals surface area (Å²) in [6.45, 7) is 0. The van der Waals surface area contributed by atoms with E-state index in [0.717, 1.165) is 0 Å². The molecule has 46 heavy (non-hydrogen) atoms. The number of carboxylic acids is 1. The van der Waals surface area contributed by atoms with E-state index in [1.807, 2.05) is 0 Å². The number of benzene rings is 4. The molecule has 4 aromatic rings. The van der Waals surface area contributed by atoms with E-state index >= 15 is 0 Å². The van der Waals surface area contributed by atoms with Crippen LogP contribution in [-0.2, 0) is 22.4 Å². The highest BCUT2D eigenvalue weighted by molar-refractivity contribution is 6.59. The molecule has 4 aromatic carbocycles. The van der Waals surface area contributed by atoms with Crippen molar-refractivity contribution in [3.05, 3.63) is 113 Å². The molecular weight excluding hydrogens is 600 g/mol. The van der Waals surface area contributed by atoms with Crippen molar-refractivity contribution in [2.24, 2.45) is 0 Å². The highest BCUT2D eigenvalue weighted by atomic mass is 16.6. The van der Waals surface area contributed by atoms with Crippen molar-refractivity contribution in [3.8, 4) is 17.2 Å². The number of carbonyl (C=O) groups excluding carboxylic acids is 3. The van der Waals surface area contributed by atoms with Crippen molar-refractivity contribution >= 4 is 49.0 Å². The summed E-state index contributed by atoms with van der Waals surface area (Å²) in [5.41, 5.74) is 1.16. The molecule has 0 spiro atoms. The van der Waals surface area contributed by atoms with Crippen LogP contribution in [0.15, 0.2) is 91.0 Å². The van der Waals surface area contributed by atoms with Gasteiger partial charge in [-0.25, -0.2) is 14.4 Å². The number of aliphatic carboxylic acids is 1. The number of phenolic OH excluding ortho intramolecular Hbond substituents is 1. The molecule has 4 rings (SSSR count). The maximum atomic E-state index is 13.0. The summed E-state index contributed by atoms with van der Waals surface area (Å²) < 4.78 is 10.9. The fourth-order valence-electron chi connectivity index (χ4n) is 4.23. The first-order valence-electron chi connectivity index (χ1n) is 13.7. The molecule has 0 aliphatic rings. The average Bonchev–Trinajstić information content (AvgIpc) is 3.02. The largest absolute Gasteiger partial charge is 0.508 e. The molecule has 13 nitrogen and oxygen atoms in total. The highest BCUT2D eigenvalue weighted by Crippen LogP contribution is 2.30. The van der Waals surface area contributed by atoms with Gasteiger partial charge in [0.05, 0.1) is 17.5 Å². The number of amides is 1. The second kappa shape index (κ2) is 15.0. The standard InChI is InChI=1S/C31H27B2NO12/c35-24-12-1-18(2-13-24)15-25(29(37)38)34-28(36)17-19-3-14-26(45-30(39)20-4-8-22(9-5-20)32(41)42)27(16-19)46-31(40)21-6-10-23(11-7-21)33(43)44/h1-14,16,25,35,41-44H,15,17H2,(H,34,36)(H,37,38)/t25-/m0/s1. The van der Waals surface area contributed by atoms with E-state index in [-0.39, 0.29) is 57.7 Å². The van der Waals surface area contributed by atoms with Crippen LogP contribution in [0.2, 0.25) is 0 Å². The number of hydrogen-bond donors (Lipinski definition) is 7. The van der Waals surface area contributed by atoms with E-state index in [9.17, 15) is 49.5 Å². The molecule has 7 N–H and O–H groups in total. The Balaban J connectivity index is 1.55. The third-order valence-electron chi connectivity index (χ3n) is 6.68. The SMILES string of the molecule is O=C(Cc1ccc(OC(=O)c2ccc(B(O)O)cc2)c(OC(=O)c2ccc(B(O)O)cc2)c1)N[C@@H](Cc1ccc(O)cc1)C(=O)O. The molecule has 234 valence electrons. The van der Waals surface area contributed by atoms with Crippen LogP contribution in [-0.4, -0.2) is 74.4 Å². The number of carboxylic acid groups (broad SMARTS) is 1. The minimum atomic E-state index is -1.75. The van der Waals surface area contributed by atoms with Gasteiger partial charge in [-0.1, -0.05) is 42.5 Å². The van der Waals surface area contributed by atoms with Gasteiger partial charge in [-0.2, -0.15) is 0 Å². The monoisotopic (exact) mass is 627 g/mol. The summed E-state index contributed by atoms with van der Waals surface area (Å²) in [5.74, 6) is -4.17. The van der Waals surface area contributed by atoms with Crippen molar-refractivity contribution in [2.45, 2.75) is 18.9 Å². The maximum Gasteiger partial charge on any atom is 0.488 e. The fourth-order valence-corrected chi connectivity index (χ4v) is 4.23. The van der Waals surface area contributed by atoms with Crippen LogP contribution in [0.3, 0.4) is 0 Å². The summed E-state index contributed by atoms with van der Waals surface area (Å²) >= 11 is 0. The van der Waals surface area contributed by atoms with Crippen LogP contribution in [0.4, 0.5) is 0 Å². The number of nitrogens with one attached hydrogen (secondary N) is 1. The van der Waals surface area contributed by atoms with Crippen molar-refractivity contribution in [2.75, 3.05) is 0 Å². The van der Waals surface area contributed by atoms with E-state index < -0.39 is 44.1 Å². The molecular formula is C31H27B2NO12. The van der Waals surface area contributed by atoms with Gasteiger partial charge in [0.1, 0.15) is 11.8 Å². The van der Waals surface area contributed by atoms with Gasteiger partial charge in [-0.3, -0.25) is 4.79 Å². The Morgan fingerprint density at radius 2 is 1.13 bits per heavy atom. The quantitative estimate of drug-likeness (QED) is 0.0603. The van der Waals surface area contributed by atoms with E-state index in [1.165, 1.54) is 91.0 Å². The molecule has 0 saturated heterocycles. The molecule has 0 heterocycles. The molecule has 1 amide bonds. The number of rotatable bonds is 12. The Bertz CT molecular complexity index is 1710. The number of esters is 2. The summed E-state index contributed by atoms with van der Waals surface area (Å²) in [4.78, 5) is 50.5. The summed E-state index contributed by atoms with van der Waals surface area (Å²) in [6.07, 6.45) is -0.393. The molecule has 0 aliphatic carbocycles. The van der Waals surface area contributed by atoms with Gasteiger partial charge in [0.15, 0.2) is 11.5 Å². The fraction of sp³-hybridized carbons (Fsp3) is 0.0968. The molecule has 0 aliphatic heterocycles. The summed E-state index contributed by atoms with van der Waals surface area (Å²) in [6, 6.07) is 18.9. The van der Waals surface area contributed by atoms with Gasteiger partial charge in [-0.15, -0.1) is 0 Å².